The van der Waals surface area contributed by atoms with E-state index in [1.807, 2.05) is 12.1 Å². The van der Waals surface area contributed by atoms with Crippen LogP contribution >= 0.6 is 0 Å². The molecule has 0 unspecified atom stereocenters. The first kappa shape index (κ1) is 25.0. The topological polar surface area (TPSA) is 33.0 Å². The van der Waals surface area contributed by atoms with Crippen LogP contribution in [0.3, 0.4) is 0 Å². The maximum absolute atomic E-state index is 15.2. The van der Waals surface area contributed by atoms with Gasteiger partial charge in [-0.25, -0.2) is 17.6 Å². The zero-order chi connectivity index (χ0) is 25.7. The molecule has 182 valence electrons. The van der Waals surface area contributed by atoms with Crippen molar-refractivity contribution in [3.63, 3.8) is 0 Å². The number of benzene rings is 4. The number of fused-ring (bicyclic) bond motifs is 1. The fourth-order valence-corrected chi connectivity index (χ4v) is 4.15. The quantitative estimate of drug-likeness (QED) is 0.181. The minimum Gasteiger partial charge on any atom is -0.489 e. The first-order valence-corrected chi connectivity index (χ1v) is 11.5. The monoisotopic (exact) mass is 489 g/mol. The number of ether oxygens (including phenoxy) is 1. The van der Waals surface area contributed by atoms with Gasteiger partial charge in [-0.1, -0.05) is 49.1 Å². The van der Waals surface area contributed by atoms with Crippen LogP contribution in [0.4, 0.5) is 17.6 Å². The average Bonchev–Trinajstić information content (AvgIpc) is 2.86. The second kappa shape index (κ2) is 11.1. The first-order valence-electron chi connectivity index (χ1n) is 11.5. The van der Waals surface area contributed by atoms with E-state index >= 15 is 4.39 Å². The third-order valence-corrected chi connectivity index (χ3v) is 6.08. The first-order chi connectivity index (χ1) is 17.4. The second-order valence-electron chi connectivity index (χ2n) is 8.49. The van der Waals surface area contributed by atoms with Crippen LogP contribution < -0.4 is 4.74 Å². The summed E-state index contributed by atoms with van der Waals surface area (Å²) >= 11 is 0. The SMILES string of the molecule is C=CCOc1cc(F)c(CCc2ccc3c(F)c(CCc4ccc(C#N)c(F)c4)ccc3c2)c(F)c1. The Hall–Kier alpha value is -4.11. The molecule has 0 N–H and O–H groups in total. The Bertz CT molecular complexity index is 1450. The minimum atomic E-state index is -0.673. The Morgan fingerprint density at radius 3 is 2.17 bits per heavy atom. The Balaban J connectivity index is 1.46. The Morgan fingerprint density at radius 2 is 1.47 bits per heavy atom. The molecule has 0 fully saturated rings. The molecule has 36 heavy (non-hydrogen) atoms. The van der Waals surface area contributed by atoms with Crippen LogP contribution in [-0.2, 0) is 25.7 Å². The third kappa shape index (κ3) is 5.58. The molecule has 0 saturated heterocycles. The molecule has 0 spiro atoms. The van der Waals surface area contributed by atoms with Gasteiger partial charge < -0.3 is 4.74 Å². The van der Waals surface area contributed by atoms with Crippen LogP contribution in [0, 0.1) is 34.6 Å². The van der Waals surface area contributed by atoms with Crippen LogP contribution in [0.25, 0.3) is 10.8 Å². The lowest BCUT2D eigenvalue weighted by Crippen LogP contribution is -2.02. The van der Waals surface area contributed by atoms with Crippen molar-refractivity contribution >= 4 is 10.8 Å². The minimum absolute atomic E-state index is 0.0218. The Kier molecular flexibility index (Phi) is 7.70. The van der Waals surface area contributed by atoms with Crippen molar-refractivity contribution in [2.45, 2.75) is 25.7 Å². The van der Waals surface area contributed by atoms with Gasteiger partial charge in [0.15, 0.2) is 0 Å². The molecule has 0 heterocycles. The van der Waals surface area contributed by atoms with E-state index in [4.69, 9.17) is 10.00 Å². The maximum Gasteiger partial charge on any atom is 0.141 e. The highest BCUT2D eigenvalue weighted by atomic mass is 19.1. The largest absolute Gasteiger partial charge is 0.489 e. The summed E-state index contributed by atoms with van der Waals surface area (Å²) in [5.74, 6) is -2.17. The van der Waals surface area contributed by atoms with E-state index in [0.717, 1.165) is 17.7 Å². The molecular weight excluding hydrogens is 466 g/mol. The van der Waals surface area contributed by atoms with E-state index in [2.05, 4.69) is 6.58 Å². The fraction of sp³-hybridized carbons (Fsp3) is 0.167. The summed E-state index contributed by atoms with van der Waals surface area (Å²) in [6.45, 7) is 3.66. The molecule has 0 bridgehead atoms. The lowest BCUT2D eigenvalue weighted by Gasteiger charge is -2.11. The third-order valence-electron chi connectivity index (χ3n) is 6.08. The van der Waals surface area contributed by atoms with Crippen molar-refractivity contribution in [1.29, 1.82) is 5.26 Å². The molecule has 0 atom stereocenters. The summed E-state index contributed by atoms with van der Waals surface area (Å²) in [6.07, 6.45) is 2.82. The van der Waals surface area contributed by atoms with Gasteiger partial charge >= 0.3 is 0 Å². The zero-order valence-corrected chi connectivity index (χ0v) is 19.5. The van der Waals surface area contributed by atoms with Gasteiger partial charge in [0.05, 0.1) is 5.56 Å². The standard InChI is InChI=1S/C30H23F4NO/c1-2-13-36-24-16-28(32)26(29(33)17-24)12-6-19-5-11-25-22(14-19)10-9-21(30(25)34)7-3-20-4-8-23(18-35)27(31)15-20/h2,4-5,8-11,14-17H,1,3,6-7,12-13H2. The molecule has 4 rings (SSSR count). The van der Waals surface area contributed by atoms with Crippen molar-refractivity contribution in [2.24, 2.45) is 0 Å². The molecule has 0 aromatic heterocycles. The van der Waals surface area contributed by atoms with Crippen molar-refractivity contribution in [3.8, 4) is 11.8 Å². The Labute approximate surface area is 207 Å². The highest BCUT2D eigenvalue weighted by molar-refractivity contribution is 5.84. The summed E-state index contributed by atoms with van der Waals surface area (Å²) in [7, 11) is 0. The predicted octanol–water partition coefficient (Wildman–Crippen LogP) is 7.40. The highest BCUT2D eigenvalue weighted by Gasteiger charge is 2.14. The molecule has 0 aliphatic rings. The smallest absolute Gasteiger partial charge is 0.141 e. The summed E-state index contributed by atoms with van der Waals surface area (Å²) in [5, 5.41) is 9.98. The van der Waals surface area contributed by atoms with Crippen molar-refractivity contribution in [1.82, 2.24) is 0 Å². The van der Waals surface area contributed by atoms with Crippen LogP contribution in [0.2, 0.25) is 0 Å². The van der Waals surface area contributed by atoms with Crippen LogP contribution in [-0.4, -0.2) is 6.61 Å². The lowest BCUT2D eigenvalue weighted by molar-refractivity contribution is 0.357. The summed E-state index contributed by atoms with van der Waals surface area (Å²) in [4.78, 5) is 0. The van der Waals surface area contributed by atoms with Gasteiger partial charge in [0, 0.05) is 23.1 Å². The van der Waals surface area contributed by atoms with Crippen molar-refractivity contribution < 1.29 is 22.3 Å². The molecule has 0 radical (unpaired) electrons. The van der Waals surface area contributed by atoms with E-state index < -0.39 is 17.5 Å². The zero-order valence-electron chi connectivity index (χ0n) is 19.5. The van der Waals surface area contributed by atoms with E-state index in [1.165, 1.54) is 18.2 Å². The van der Waals surface area contributed by atoms with Gasteiger partial charge in [-0.05, 0) is 59.9 Å². The maximum atomic E-state index is 15.2. The normalized spacial score (nSPS) is 10.9. The van der Waals surface area contributed by atoms with Gasteiger partial charge in [0.25, 0.3) is 0 Å². The average molecular weight is 490 g/mol. The number of hydrogen-bond acceptors (Lipinski definition) is 2. The number of hydrogen-bond donors (Lipinski definition) is 0. The molecule has 0 saturated carbocycles. The number of nitriles is 1. The second-order valence-corrected chi connectivity index (χ2v) is 8.49. The number of rotatable bonds is 9. The van der Waals surface area contributed by atoms with E-state index in [-0.39, 0.29) is 35.7 Å². The van der Waals surface area contributed by atoms with Crippen LogP contribution in [0.15, 0.2) is 73.3 Å². The number of nitrogens with zero attached hydrogens (tertiary/aromatic N) is 1. The van der Waals surface area contributed by atoms with Gasteiger partial charge in [-0.15, -0.1) is 0 Å². The highest BCUT2D eigenvalue weighted by Crippen LogP contribution is 2.26. The van der Waals surface area contributed by atoms with E-state index in [0.29, 0.717) is 41.2 Å². The van der Waals surface area contributed by atoms with Crippen molar-refractivity contribution in [3.05, 3.63) is 124 Å². The number of aryl methyl sites for hydroxylation is 3. The van der Waals surface area contributed by atoms with Gasteiger partial charge in [0.1, 0.15) is 41.7 Å². The van der Waals surface area contributed by atoms with Gasteiger partial charge in [0.2, 0.25) is 0 Å². The lowest BCUT2D eigenvalue weighted by atomic mass is 9.97. The van der Waals surface area contributed by atoms with Crippen LogP contribution in [0.1, 0.15) is 27.8 Å². The molecule has 4 aromatic carbocycles. The van der Waals surface area contributed by atoms with E-state index in [1.54, 1.807) is 30.3 Å². The van der Waals surface area contributed by atoms with Crippen molar-refractivity contribution in [2.75, 3.05) is 6.61 Å². The van der Waals surface area contributed by atoms with E-state index in [9.17, 15) is 13.2 Å². The predicted molar refractivity (Wildman–Crippen MR) is 132 cm³/mol. The van der Waals surface area contributed by atoms with Crippen LogP contribution in [0.5, 0.6) is 5.75 Å². The molecule has 0 aliphatic heterocycles. The molecule has 0 aliphatic carbocycles. The molecule has 2 nitrogen and oxygen atoms in total. The molecule has 6 heteroatoms. The molecule has 4 aromatic rings. The van der Waals surface area contributed by atoms with Gasteiger partial charge in [-0.3, -0.25) is 0 Å². The summed E-state index contributed by atoms with van der Waals surface area (Å²) < 4.78 is 63.0. The fourth-order valence-electron chi connectivity index (χ4n) is 4.15. The number of halogens is 4. The van der Waals surface area contributed by atoms with Gasteiger partial charge in [-0.2, -0.15) is 5.26 Å². The summed E-state index contributed by atoms with van der Waals surface area (Å²) in [5.41, 5.74) is 1.96. The Morgan fingerprint density at radius 1 is 0.778 bits per heavy atom. The summed E-state index contributed by atoms with van der Waals surface area (Å²) in [6, 6.07) is 17.2. The molecule has 0 amide bonds. The molecular formula is C30H23F4NO.